The van der Waals surface area contributed by atoms with Crippen LogP contribution in [0.5, 0.6) is 5.75 Å². The van der Waals surface area contributed by atoms with Gasteiger partial charge in [-0.25, -0.2) is 9.55 Å². The van der Waals surface area contributed by atoms with E-state index in [0.29, 0.717) is 17.0 Å². The lowest BCUT2D eigenvalue weighted by Gasteiger charge is -2.27. The Hall–Kier alpha value is -3.06. The minimum Gasteiger partial charge on any atom is -0.464 e. The number of benzene rings is 1. The molecule has 1 aromatic carbocycles. The molecule has 3 heterocycles. The van der Waals surface area contributed by atoms with E-state index in [4.69, 9.17) is 24.3 Å². The van der Waals surface area contributed by atoms with Gasteiger partial charge in [-0.15, -0.1) is 0 Å². The quantitative estimate of drug-likeness (QED) is 0.176. The molecule has 2 fully saturated rings. The molecule has 14 heteroatoms. The molecule has 42 heavy (non-hydrogen) atoms. The maximum atomic E-state index is 14.1. The third-order valence-electron chi connectivity index (χ3n) is 8.24. The number of nitrogens with one attached hydrogen (secondary N) is 2. The van der Waals surface area contributed by atoms with Gasteiger partial charge in [0.25, 0.3) is 0 Å². The Labute approximate surface area is 243 Å². The predicted molar refractivity (Wildman–Crippen MR) is 151 cm³/mol. The number of H-pyrrole nitrogens is 1. The number of rotatable bonds is 12. The van der Waals surface area contributed by atoms with Crippen LogP contribution in [0.25, 0.3) is 5.52 Å². The Morgan fingerprint density at radius 2 is 1.95 bits per heavy atom. The first kappa shape index (κ1) is 30.4. The van der Waals surface area contributed by atoms with E-state index in [-0.39, 0.29) is 24.7 Å². The fourth-order valence-corrected chi connectivity index (χ4v) is 7.16. The van der Waals surface area contributed by atoms with Crippen molar-refractivity contribution in [3.63, 3.8) is 0 Å². The van der Waals surface area contributed by atoms with Crippen molar-refractivity contribution in [1.82, 2.24) is 14.7 Å². The third kappa shape index (κ3) is 5.52. The zero-order valence-corrected chi connectivity index (χ0v) is 25.0. The Bertz CT molecular complexity index is 1470. The fourth-order valence-electron chi connectivity index (χ4n) is 5.43. The molecule has 0 amide bonds. The zero-order valence-electron chi connectivity index (χ0n) is 24.1. The van der Waals surface area contributed by atoms with Crippen molar-refractivity contribution in [1.29, 1.82) is 0 Å². The van der Waals surface area contributed by atoms with Crippen molar-refractivity contribution in [3.05, 3.63) is 54.5 Å². The van der Waals surface area contributed by atoms with Crippen LogP contribution in [0.15, 0.2) is 48.8 Å². The number of nitrogens with zero attached hydrogens (tertiary/aromatic N) is 2. The number of aliphatic hydroxyl groups excluding tert-OH is 2. The number of ether oxygens (including phenoxy) is 2. The minimum atomic E-state index is -4.24. The van der Waals surface area contributed by atoms with E-state index in [9.17, 15) is 19.6 Å². The molecule has 1 saturated heterocycles. The summed E-state index contributed by atoms with van der Waals surface area (Å²) in [6.07, 6.45) is -0.451. The standard InChI is InChI=1S/C28H38N5O8P/c1-5-18(6-2)15-38-26(36)17(3)32-42(37,39-19-10-8-7-9-11-19)40-22-14-28(22)24(35)23(34)27(4,41-28)21-13-12-20-25(29)30-16-31-33(20)21/h7-13,16-18,22-24,34-35H,5-6,14-15H2,1-4H3,(H,32,37)(H2,29,30,31)/p+1/t17-,22-,23+,24-,27-,28?,42-/m0/s1. The van der Waals surface area contributed by atoms with Crippen LogP contribution in [-0.2, 0) is 29.0 Å². The average Bonchev–Trinajstić information content (AvgIpc) is 3.35. The number of nitrogens with two attached hydrogens (primary N) is 1. The molecule has 6 N–H and O–H groups in total. The van der Waals surface area contributed by atoms with Gasteiger partial charge in [-0.05, 0) is 49.1 Å². The highest BCUT2D eigenvalue weighted by Gasteiger charge is 2.74. The van der Waals surface area contributed by atoms with Crippen LogP contribution in [0.1, 0.15) is 52.7 Å². The molecule has 2 aromatic heterocycles. The normalized spacial score (nSPS) is 29.1. The summed E-state index contributed by atoms with van der Waals surface area (Å²) in [5.41, 5.74) is 4.26. The van der Waals surface area contributed by atoms with E-state index >= 15 is 0 Å². The van der Waals surface area contributed by atoms with Gasteiger partial charge >= 0.3 is 13.7 Å². The van der Waals surface area contributed by atoms with Crippen molar-refractivity contribution >= 4 is 25.1 Å². The van der Waals surface area contributed by atoms with Crippen LogP contribution in [0.4, 0.5) is 5.82 Å². The summed E-state index contributed by atoms with van der Waals surface area (Å²) in [6.45, 7) is 7.44. The first-order valence-corrected chi connectivity index (χ1v) is 15.7. The number of hydrogen-bond donors (Lipinski definition) is 4. The van der Waals surface area contributed by atoms with Crippen LogP contribution in [0, 0.1) is 5.92 Å². The molecule has 228 valence electrons. The Balaban J connectivity index is 1.36. The summed E-state index contributed by atoms with van der Waals surface area (Å²) >= 11 is 0. The highest BCUT2D eigenvalue weighted by Crippen LogP contribution is 2.62. The van der Waals surface area contributed by atoms with Crippen molar-refractivity contribution in [3.8, 4) is 5.75 Å². The topological polar surface area (TPSA) is 181 Å². The smallest absolute Gasteiger partial charge is 0.459 e. The molecule has 3 aromatic rings. The summed E-state index contributed by atoms with van der Waals surface area (Å²) in [5.74, 6) is 0.240. The molecular formula is C28H39N5O8P+. The number of para-hydroxylation sites is 1. The Morgan fingerprint density at radius 1 is 1.24 bits per heavy atom. The molecule has 5 rings (SSSR count). The van der Waals surface area contributed by atoms with Gasteiger partial charge in [-0.3, -0.25) is 9.32 Å². The number of hydrogen-bond acceptors (Lipinski definition) is 10. The molecule has 1 saturated carbocycles. The number of carbonyl (C=O) groups is 1. The molecular weight excluding hydrogens is 565 g/mol. The summed E-state index contributed by atoms with van der Waals surface area (Å²) in [6, 6.07) is 10.8. The van der Waals surface area contributed by atoms with Gasteiger partial charge in [0.15, 0.2) is 5.52 Å². The molecule has 1 aliphatic carbocycles. The van der Waals surface area contributed by atoms with Crippen LogP contribution >= 0.6 is 7.75 Å². The van der Waals surface area contributed by atoms with Crippen LogP contribution < -0.4 is 20.3 Å². The maximum Gasteiger partial charge on any atom is 0.459 e. The number of fused-ring (bicyclic) bond motifs is 1. The number of carbonyl (C=O) groups excluding carboxylic acids is 1. The SMILES string of the molecule is CCC(CC)COC(=O)[C@H](C)N[P@](=O)(Oc1ccccc1)O[C@H]1CC12O[C@@](C)(c1ccc3c(N)[nH+]cnn13)[C@H](O)[C@@H]2O. The fraction of sp³-hybridized carbons (Fsp3) is 0.536. The molecule has 7 atom stereocenters. The first-order valence-electron chi connectivity index (χ1n) is 14.1. The predicted octanol–water partition coefficient (Wildman–Crippen LogP) is 2.37. The van der Waals surface area contributed by atoms with E-state index in [1.54, 1.807) is 49.4 Å². The molecule has 1 aliphatic heterocycles. The molecule has 13 nitrogen and oxygen atoms in total. The minimum absolute atomic E-state index is 0.116. The van der Waals surface area contributed by atoms with Crippen LogP contribution in [0.3, 0.4) is 0 Å². The van der Waals surface area contributed by atoms with Gasteiger partial charge in [-0.2, -0.15) is 9.60 Å². The van der Waals surface area contributed by atoms with E-state index in [0.717, 1.165) is 12.8 Å². The lowest BCUT2D eigenvalue weighted by atomic mass is 9.93. The van der Waals surface area contributed by atoms with Gasteiger partial charge < -0.3 is 29.9 Å². The van der Waals surface area contributed by atoms with Crippen molar-refractivity contribution < 1.29 is 43.1 Å². The van der Waals surface area contributed by atoms with Crippen molar-refractivity contribution in [2.24, 2.45) is 5.92 Å². The second-order valence-corrected chi connectivity index (χ2v) is 12.8. The van der Waals surface area contributed by atoms with Gasteiger partial charge in [0, 0.05) is 6.42 Å². The number of esters is 1. The number of anilines is 1. The molecule has 1 spiro atoms. The molecule has 2 aliphatic rings. The zero-order chi connectivity index (χ0) is 30.3. The third-order valence-corrected chi connectivity index (χ3v) is 9.93. The van der Waals surface area contributed by atoms with E-state index in [1.807, 2.05) is 13.8 Å². The summed E-state index contributed by atoms with van der Waals surface area (Å²) in [4.78, 5) is 15.6. The summed E-state index contributed by atoms with van der Waals surface area (Å²) < 4.78 is 39.3. The second kappa shape index (κ2) is 11.6. The molecule has 0 bridgehead atoms. The van der Waals surface area contributed by atoms with Gasteiger partial charge in [0.1, 0.15) is 41.3 Å². The number of aliphatic hydroxyl groups is 2. The van der Waals surface area contributed by atoms with E-state index in [1.165, 1.54) is 17.8 Å². The Morgan fingerprint density at radius 3 is 2.64 bits per heavy atom. The monoisotopic (exact) mass is 604 g/mol. The van der Waals surface area contributed by atoms with Crippen LogP contribution in [0.2, 0.25) is 0 Å². The van der Waals surface area contributed by atoms with Gasteiger partial charge in [0.05, 0.1) is 12.3 Å². The van der Waals surface area contributed by atoms with Crippen LogP contribution in [-0.4, -0.2) is 62.4 Å². The number of aromatic nitrogens is 3. The summed E-state index contributed by atoms with van der Waals surface area (Å²) in [5, 5.41) is 29.4. The average molecular weight is 605 g/mol. The maximum absolute atomic E-state index is 14.1. The molecule has 0 radical (unpaired) electrons. The first-order chi connectivity index (χ1) is 20.0. The number of nitrogen functional groups attached to an aromatic ring is 1. The van der Waals surface area contributed by atoms with Crippen molar-refractivity contribution in [2.45, 2.75) is 82.5 Å². The van der Waals surface area contributed by atoms with Gasteiger partial charge in [-0.1, -0.05) is 44.9 Å². The highest BCUT2D eigenvalue weighted by atomic mass is 31.2. The van der Waals surface area contributed by atoms with Crippen molar-refractivity contribution in [2.75, 3.05) is 12.3 Å². The van der Waals surface area contributed by atoms with E-state index in [2.05, 4.69) is 15.2 Å². The highest BCUT2D eigenvalue weighted by molar-refractivity contribution is 7.52. The van der Waals surface area contributed by atoms with E-state index < -0.39 is 49.3 Å². The second-order valence-electron chi connectivity index (χ2n) is 11.1. The largest absolute Gasteiger partial charge is 0.464 e. The molecule has 1 unspecified atom stereocenters. The Kier molecular flexibility index (Phi) is 8.36. The number of aromatic amines is 1. The lowest BCUT2D eigenvalue weighted by Crippen LogP contribution is -2.40. The lowest BCUT2D eigenvalue weighted by molar-refractivity contribution is -0.365. The van der Waals surface area contributed by atoms with Gasteiger partial charge in [0.2, 0.25) is 12.1 Å². The summed E-state index contributed by atoms with van der Waals surface area (Å²) in [7, 11) is -4.24.